The Labute approximate surface area is 183 Å². The third-order valence-electron chi connectivity index (χ3n) is 4.48. The van der Waals surface area contributed by atoms with Crippen molar-refractivity contribution in [1.82, 2.24) is 15.5 Å². The number of amides is 1. The van der Waals surface area contributed by atoms with Crippen LogP contribution in [0.4, 0.5) is 0 Å². The molecule has 4 aromatic rings. The summed E-state index contributed by atoms with van der Waals surface area (Å²) in [5, 5.41) is 20.4. The van der Waals surface area contributed by atoms with Crippen LogP contribution in [0, 0.1) is 6.92 Å². The van der Waals surface area contributed by atoms with Crippen molar-refractivity contribution in [2.24, 2.45) is 0 Å². The highest BCUT2D eigenvalue weighted by Gasteiger charge is 2.17. The van der Waals surface area contributed by atoms with Gasteiger partial charge in [-0.2, -0.15) is 0 Å². The zero-order chi connectivity index (χ0) is 21.8. The number of aromatic nitrogens is 2. The summed E-state index contributed by atoms with van der Waals surface area (Å²) in [5.41, 5.74) is 1.96. The van der Waals surface area contributed by atoms with Gasteiger partial charge in [0, 0.05) is 12.1 Å². The number of hydrogen-bond donors (Lipinski definition) is 2. The summed E-state index contributed by atoms with van der Waals surface area (Å²) in [6.45, 7) is 1.98. The Kier molecular flexibility index (Phi) is 5.86. The van der Waals surface area contributed by atoms with Gasteiger partial charge in [-0.1, -0.05) is 41.9 Å². The predicted octanol–water partition coefficient (Wildman–Crippen LogP) is 5.13. The SMILES string of the molecule is Cc1cc(-c2nnc(C(=O)NCc3ccc(Oc4ccccc4)cc3)o2)cc(Cl)c1O. The van der Waals surface area contributed by atoms with Gasteiger partial charge in [-0.05, 0) is 54.4 Å². The Hall–Kier alpha value is -3.84. The highest BCUT2D eigenvalue weighted by molar-refractivity contribution is 6.32. The number of rotatable bonds is 6. The number of para-hydroxylation sites is 1. The van der Waals surface area contributed by atoms with Crippen LogP contribution >= 0.6 is 11.6 Å². The van der Waals surface area contributed by atoms with Crippen LogP contribution in [0.1, 0.15) is 21.8 Å². The number of phenols is 1. The zero-order valence-corrected chi connectivity index (χ0v) is 17.3. The van der Waals surface area contributed by atoms with Gasteiger partial charge in [0.15, 0.2) is 0 Å². The van der Waals surface area contributed by atoms with E-state index < -0.39 is 5.91 Å². The highest BCUT2D eigenvalue weighted by Crippen LogP contribution is 2.32. The number of phenolic OH excluding ortho intramolecular Hbond substituents is 1. The first-order chi connectivity index (χ1) is 15.0. The van der Waals surface area contributed by atoms with E-state index in [9.17, 15) is 9.90 Å². The lowest BCUT2D eigenvalue weighted by atomic mass is 10.1. The predicted molar refractivity (Wildman–Crippen MR) is 115 cm³/mol. The van der Waals surface area contributed by atoms with Gasteiger partial charge in [0.2, 0.25) is 5.89 Å². The molecule has 0 saturated heterocycles. The molecule has 2 N–H and O–H groups in total. The van der Waals surface area contributed by atoms with Crippen molar-refractivity contribution in [3.05, 3.63) is 88.8 Å². The van der Waals surface area contributed by atoms with Crippen LogP contribution in [0.5, 0.6) is 17.2 Å². The molecule has 0 aliphatic carbocycles. The number of benzene rings is 3. The van der Waals surface area contributed by atoms with Gasteiger partial charge in [-0.3, -0.25) is 4.79 Å². The lowest BCUT2D eigenvalue weighted by Gasteiger charge is -2.07. The second-order valence-electron chi connectivity index (χ2n) is 6.78. The molecule has 8 heteroatoms. The Morgan fingerprint density at radius 3 is 2.48 bits per heavy atom. The number of nitrogens with zero attached hydrogens (tertiary/aromatic N) is 2. The Morgan fingerprint density at radius 2 is 1.77 bits per heavy atom. The topological polar surface area (TPSA) is 97.5 Å². The van der Waals surface area contributed by atoms with Crippen LogP contribution in [-0.4, -0.2) is 21.2 Å². The van der Waals surface area contributed by atoms with Crippen molar-refractivity contribution in [3.8, 4) is 28.7 Å². The van der Waals surface area contributed by atoms with Gasteiger partial charge in [-0.25, -0.2) is 0 Å². The van der Waals surface area contributed by atoms with Gasteiger partial charge in [0.1, 0.15) is 17.2 Å². The molecule has 0 aliphatic rings. The molecule has 0 radical (unpaired) electrons. The molecule has 0 atom stereocenters. The fourth-order valence-corrected chi connectivity index (χ4v) is 3.12. The molecule has 0 unspecified atom stereocenters. The monoisotopic (exact) mass is 435 g/mol. The molecule has 1 aromatic heterocycles. The fraction of sp³-hybridized carbons (Fsp3) is 0.0870. The number of halogens is 1. The maximum absolute atomic E-state index is 12.4. The van der Waals surface area contributed by atoms with E-state index in [-0.39, 0.29) is 29.1 Å². The smallest absolute Gasteiger partial charge is 0.309 e. The van der Waals surface area contributed by atoms with Gasteiger partial charge in [0.25, 0.3) is 0 Å². The van der Waals surface area contributed by atoms with E-state index in [1.165, 1.54) is 6.07 Å². The minimum absolute atomic E-state index is 0.0110. The largest absolute Gasteiger partial charge is 0.506 e. The molecule has 0 saturated carbocycles. The summed E-state index contributed by atoms with van der Waals surface area (Å²) in [4.78, 5) is 12.4. The number of aryl methyl sites for hydroxylation is 1. The summed E-state index contributed by atoms with van der Waals surface area (Å²) in [6, 6.07) is 20.0. The normalized spacial score (nSPS) is 10.6. The van der Waals surface area contributed by atoms with Gasteiger partial charge in [0.05, 0.1) is 5.02 Å². The molecule has 7 nitrogen and oxygen atoms in total. The van der Waals surface area contributed by atoms with E-state index in [1.54, 1.807) is 13.0 Å². The third-order valence-corrected chi connectivity index (χ3v) is 4.76. The lowest BCUT2D eigenvalue weighted by molar-refractivity contribution is 0.0917. The number of nitrogens with one attached hydrogen (secondary N) is 1. The Morgan fingerprint density at radius 1 is 1.06 bits per heavy atom. The molecular formula is C23H18ClN3O4. The third kappa shape index (κ3) is 4.84. The van der Waals surface area contributed by atoms with Crippen molar-refractivity contribution < 1.29 is 19.1 Å². The van der Waals surface area contributed by atoms with Crippen LogP contribution in [0.3, 0.4) is 0 Å². The quantitative estimate of drug-likeness (QED) is 0.436. The second-order valence-corrected chi connectivity index (χ2v) is 7.18. The molecule has 3 aromatic carbocycles. The molecule has 1 heterocycles. The van der Waals surface area contributed by atoms with Crippen LogP contribution in [0.2, 0.25) is 5.02 Å². The van der Waals surface area contributed by atoms with E-state index in [4.69, 9.17) is 20.8 Å². The number of ether oxygens (including phenoxy) is 1. The second kappa shape index (κ2) is 8.89. The van der Waals surface area contributed by atoms with Crippen LogP contribution in [-0.2, 0) is 6.54 Å². The number of hydrogen-bond acceptors (Lipinski definition) is 6. The van der Waals surface area contributed by atoms with Crippen molar-refractivity contribution in [2.45, 2.75) is 13.5 Å². The average molecular weight is 436 g/mol. The minimum Gasteiger partial charge on any atom is -0.506 e. The van der Waals surface area contributed by atoms with Crippen molar-refractivity contribution >= 4 is 17.5 Å². The maximum atomic E-state index is 12.4. The van der Waals surface area contributed by atoms with Gasteiger partial charge < -0.3 is 19.6 Å². The fourth-order valence-electron chi connectivity index (χ4n) is 2.85. The molecule has 156 valence electrons. The first-order valence-electron chi connectivity index (χ1n) is 9.42. The highest BCUT2D eigenvalue weighted by atomic mass is 35.5. The Balaban J connectivity index is 1.37. The molecule has 31 heavy (non-hydrogen) atoms. The van der Waals surface area contributed by atoms with Crippen molar-refractivity contribution in [3.63, 3.8) is 0 Å². The molecule has 0 aliphatic heterocycles. The van der Waals surface area contributed by atoms with Crippen molar-refractivity contribution in [1.29, 1.82) is 0 Å². The number of carbonyl (C=O) groups excluding carboxylic acids is 1. The molecule has 0 fully saturated rings. The van der Waals surface area contributed by atoms with E-state index in [1.807, 2.05) is 54.6 Å². The van der Waals surface area contributed by atoms with E-state index >= 15 is 0 Å². The van der Waals surface area contributed by atoms with Crippen LogP contribution < -0.4 is 10.1 Å². The molecule has 1 amide bonds. The summed E-state index contributed by atoms with van der Waals surface area (Å²) in [6.07, 6.45) is 0. The van der Waals surface area contributed by atoms with Crippen molar-refractivity contribution in [2.75, 3.05) is 0 Å². The summed E-state index contributed by atoms with van der Waals surface area (Å²) in [7, 11) is 0. The van der Waals surface area contributed by atoms with E-state index in [0.29, 0.717) is 16.9 Å². The van der Waals surface area contributed by atoms with Gasteiger partial charge in [-0.15, -0.1) is 10.2 Å². The molecule has 0 bridgehead atoms. The molecular weight excluding hydrogens is 418 g/mol. The standard InChI is InChI=1S/C23H18ClN3O4/c1-14-11-16(12-19(24)20(14)28)22-26-27-23(31-22)21(29)25-13-15-7-9-18(10-8-15)30-17-5-3-2-4-6-17/h2-12,28H,13H2,1H3,(H,25,29). The number of aromatic hydroxyl groups is 1. The number of carbonyl (C=O) groups is 1. The summed E-state index contributed by atoms with van der Waals surface area (Å²) >= 11 is 5.98. The average Bonchev–Trinajstić information content (AvgIpc) is 3.28. The summed E-state index contributed by atoms with van der Waals surface area (Å²) in [5.74, 6) is 0.915. The summed E-state index contributed by atoms with van der Waals surface area (Å²) < 4.78 is 11.2. The lowest BCUT2D eigenvalue weighted by Crippen LogP contribution is -2.23. The maximum Gasteiger partial charge on any atom is 0.309 e. The first kappa shape index (κ1) is 20.4. The van der Waals surface area contributed by atoms with Gasteiger partial charge >= 0.3 is 11.8 Å². The van der Waals surface area contributed by atoms with E-state index in [2.05, 4.69) is 15.5 Å². The molecule has 4 rings (SSSR count). The minimum atomic E-state index is -0.495. The van der Waals surface area contributed by atoms with Crippen LogP contribution in [0.25, 0.3) is 11.5 Å². The first-order valence-corrected chi connectivity index (χ1v) is 9.80. The molecule has 0 spiro atoms. The zero-order valence-electron chi connectivity index (χ0n) is 16.5. The van der Waals surface area contributed by atoms with E-state index in [0.717, 1.165) is 11.3 Å². The Bertz CT molecular complexity index is 1180. The van der Waals surface area contributed by atoms with Crippen LogP contribution in [0.15, 0.2) is 71.1 Å².